The van der Waals surface area contributed by atoms with Crippen molar-refractivity contribution in [2.45, 2.75) is 70.6 Å². The molecule has 2 rings (SSSR count). The summed E-state index contributed by atoms with van der Waals surface area (Å²) in [7, 11) is 0. The van der Waals surface area contributed by atoms with Crippen molar-refractivity contribution in [2.24, 2.45) is 5.92 Å². The predicted molar refractivity (Wildman–Crippen MR) is 63.0 cm³/mol. The van der Waals surface area contributed by atoms with Crippen LogP contribution in [0.5, 0.6) is 0 Å². The molecule has 0 aromatic carbocycles. The fourth-order valence-electron chi connectivity index (χ4n) is 2.98. The highest BCUT2D eigenvalue weighted by atomic mass is 16.5. The Morgan fingerprint density at radius 2 is 1.80 bits per heavy atom. The van der Waals surface area contributed by atoms with Crippen LogP contribution in [0.2, 0.25) is 0 Å². The zero-order valence-electron chi connectivity index (χ0n) is 10.2. The van der Waals surface area contributed by atoms with Crippen LogP contribution in [-0.4, -0.2) is 24.8 Å². The Hall–Kier alpha value is -0.0800. The summed E-state index contributed by atoms with van der Waals surface area (Å²) in [6.07, 6.45) is 8.84. The van der Waals surface area contributed by atoms with Gasteiger partial charge in [-0.25, -0.2) is 0 Å². The standard InChI is InChI=1S/C13H25NO/c1-10-4-3-5-12(8-10)15-13-6-7-14-11(2)9-13/h10-14H,3-9H2,1-2H3. The quantitative estimate of drug-likeness (QED) is 0.758. The van der Waals surface area contributed by atoms with Gasteiger partial charge in [-0.1, -0.05) is 19.8 Å². The largest absolute Gasteiger partial charge is 0.375 e. The first-order valence-electron chi connectivity index (χ1n) is 6.63. The van der Waals surface area contributed by atoms with Crippen molar-refractivity contribution in [3.05, 3.63) is 0 Å². The monoisotopic (exact) mass is 211 g/mol. The zero-order chi connectivity index (χ0) is 10.7. The Morgan fingerprint density at radius 3 is 2.53 bits per heavy atom. The highest BCUT2D eigenvalue weighted by Crippen LogP contribution is 2.28. The van der Waals surface area contributed by atoms with Gasteiger partial charge >= 0.3 is 0 Å². The van der Waals surface area contributed by atoms with E-state index < -0.39 is 0 Å². The fourth-order valence-corrected chi connectivity index (χ4v) is 2.98. The molecule has 1 heterocycles. The van der Waals surface area contributed by atoms with E-state index in [1.807, 2.05) is 0 Å². The van der Waals surface area contributed by atoms with Gasteiger partial charge in [0, 0.05) is 6.04 Å². The minimum absolute atomic E-state index is 0.525. The summed E-state index contributed by atoms with van der Waals surface area (Å²) < 4.78 is 6.23. The number of hydrogen-bond donors (Lipinski definition) is 1. The molecular formula is C13H25NO. The molecule has 0 bridgehead atoms. The Kier molecular flexibility index (Phi) is 4.04. The van der Waals surface area contributed by atoms with Crippen LogP contribution in [0, 0.1) is 5.92 Å². The highest BCUT2D eigenvalue weighted by molar-refractivity contribution is 4.78. The molecule has 2 fully saturated rings. The summed E-state index contributed by atoms with van der Waals surface area (Å²) in [5.41, 5.74) is 0. The number of rotatable bonds is 2. The molecule has 1 saturated heterocycles. The van der Waals surface area contributed by atoms with Crippen LogP contribution in [0.3, 0.4) is 0 Å². The lowest BCUT2D eigenvalue weighted by molar-refractivity contribution is -0.0550. The van der Waals surface area contributed by atoms with Gasteiger partial charge in [0.1, 0.15) is 0 Å². The third kappa shape index (κ3) is 3.46. The van der Waals surface area contributed by atoms with Gasteiger partial charge in [-0.15, -0.1) is 0 Å². The van der Waals surface area contributed by atoms with Crippen LogP contribution in [0.4, 0.5) is 0 Å². The number of nitrogens with one attached hydrogen (secondary N) is 1. The van der Waals surface area contributed by atoms with E-state index in [2.05, 4.69) is 19.2 Å². The third-order valence-electron chi connectivity index (χ3n) is 3.85. The molecule has 0 aromatic rings. The van der Waals surface area contributed by atoms with E-state index in [1.54, 1.807) is 0 Å². The number of ether oxygens (including phenoxy) is 1. The van der Waals surface area contributed by atoms with Crippen molar-refractivity contribution in [3.63, 3.8) is 0 Å². The molecule has 0 amide bonds. The third-order valence-corrected chi connectivity index (χ3v) is 3.85. The molecule has 0 aromatic heterocycles. The maximum absolute atomic E-state index is 6.23. The molecule has 2 nitrogen and oxygen atoms in total. The smallest absolute Gasteiger partial charge is 0.0605 e. The first-order valence-corrected chi connectivity index (χ1v) is 6.63. The molecule has 1 N–H and O–H groups in total. The maximum Gasteiger partial charge on any atom is 0.0605 e. The van der Waals surface area contributed by atoms with Crippen LogP contribution >= 0.6 is 0 Å². The molecule has 1 aliphatic carbocycles. The Bertz CT molecular complexity index is 175. The second-order valence-corrected chi connectivity index (χ2v) is 5.53. The molecule has 0 radical (unpaired) electrons. The topological polar surface area (TPSA) is 21.3 Å². The van der Waals surface area contributed by atoms with Crippen LogP contribution in [0.15, 0.2) is 0 Å². The summed E-state index contributed by atoms with van der Waals surface area (Å²) in [5.74, 6) is 0.878. The van der Waals surface area contributed by atoms with Gasteiger partial charge in [0.25, 0.3) is 0 Å². The van der Waals surface area contributed by atoms with Crippen LogP contribution in [-0.2, 0) is 4.74 Å². The van der Waals surface area contributed by atoms with E-state index in [9.17, 15) is 0 Å². The minimum atomic E-state index is 0.525. The van der Waals surface area contributed by atoms with Gasteiger partial charge in [0.05, 0.1) is 12.2 Å². The van der Waals surface area contributed by atoms with E-state index in [4.69, 9.17) is 4.74 Å². The summed E-state index contributed by atoms with van der Waals surface area (Å²) in [6, 6.07) is 0.643. The van der Waals surface area contributed by atoms with Crippen molar-refractivity contribution < 1.29 is 4.74 Å². The van der Waals surface area contributed by atoms with Crippen molar-refractivity contribution in [1.82, 2.24) is 5.32 Å². The van der Waals surface area contributed by atoms with E-state index in [-0.39, 0.29) is 0 Å². The lowest BCUT2D eigenvalue weighted by Crippen LogP contribution is -2.41. The van der Waals surface area contributed by atoms with Gasteiger partial charge < -0.3 is 10.1 Å². The van der Waals surface area contributed by atoms with Crippen LogP contribution in [0.25, 0.3) is 0 Å². The van der Waals surface area contributed by atoms with E-state index >= 15 is 0 Å². The maximum atomic E-state index is 6.23. The first kappa shape index (κ1) is 11.4. The second kappa shape index (κ2) is 5.31. The van der Waals surface area contributed by atoms with Crippen molar-refractivity contribution in [3.8, 4) is 0 Å². The molecule has 0 spiro atoms. The summed E-state index contributed by atoms with van der Waals surface area (Å²) in [6.45, 7) is 5.76. The Labute approximate surface area is 93.8 Å². The van der Waals surface area contributed by atoms with Gasteiger partial charge in [-0.3, -0.25) is 0 Å². The van der Waals surface area contributed by atoms with Crippen LogP contribution in [0.1, 0.15) is 52.4 Å². The zero-order valence-corrected chi connectivity index (χ0v) is 10.2. The Morgan fingerprint density at radius 1 is 1.00 bits per heavy atom. The van der Waals surface area contributed by atoms with Crippen molar-refractivity contribution in [2.75, 3.05) is 6.54 Å². The normalized spacial score (nSPS) is 42.8. The Balaban J connectivity index is 1.75. The first-order chi connectivity index (χ1) is 7.24. The van der Waals surface area contributed by atoms with E-state index in [0.717, 1.165) is 12.5 Å². The molecule has 2 heteroatoms. The molecule has 15 heavy (non-hydrogen) atoms. The summed E-state index contributed by atoms with van der Waals surface area (Å²) in [5, 5.41) is 3.48. The fraction of sp³-hybridized carbons (Fsp3) is 1.00. The highest BCUT2D eigenvalue weighted by Gasteiger charge is 2.25. The van der Waals surface area contributed by atoms with Gasteiger partial charge in [0.15, 0.2) is 0 Å². The molecule has 1 saturated carbocycles. The van der Waals surface area contributed by atoms with Gasteiger partial charge in [-0.2, -0.15) is 0 Å². The van der Waals surface area contributed by atoms with Gasteiger partial charge in [0.2, 0.25) is 0 Å². The van der Waals surface area contributed by atoms with Gasteiger partial charge in [-0.05, 0) is 45.1 Å². The second-order valence-electron chi connectivity index (χ2n) is 5.53. The van der Waals surface area contributed by atoms with E-state index in [0.29, 0.717) is 18.2 Å². The predicted octanol–water partition coefficient (Wildman–Crippen LogP) is 2.72. The van der Waals surface area contributed by atoms with Crippen molar-refractivity contribution >= 4 is 0 Å². The molecule has 1 aliphatic heterocycles. The van der Waals surface area contributed by atoms with Crippen molar-refractivity contribution in [1.29, 1.82) is 0 Å². The SMILES string of the molecule is CC1CCCC(OC2CCNC(C)C2)C1. The summed E-state index contributed by atoms with van der Waals surface area (Å²) >= 11 is 0. The molecule has 4 unspecified atom stereocenters. The number of piperidine rings is 1. The molecule has 2 aliphatic rings. The minimum Gasteiger partial charge on any atom is -0.375 e. The molecular weight excluding hydrogens is 186 g/mol. The van der Waals surface area contributed by atoms with E-state index in [1.165, 1.54) is 38.5 Å². The number of hydrogen-bond acceptors (Lipinski definition) is 2. The lowest BCUT2D eigenvalue weighted by atomic mass is 9.88. The lowest BCUT2D eigenvalue weighted by Gasteiger charge is -2.34. The average Bonchev–Trinajstić information content (AvgIpc) is 2.17. The van der Waals surface area contributed by atoms with Crippen LogP contribution < -0.4 is 5.32 Å². The molecule has 4 atom stereocenters. The summed E-state index contributed by atoms with van der Waals surface area (Å²) in [4.78, 5) is 0. The average molecular weight is 211 g/mol. The molecule has 88 valence electrons.